The molecule has 0 aliphatic heterocycles. The first-order valence-electron chi connectivity index (χ1n) is 14.8. The van der Waals surface area contributed by atoms with E-state index in [1.165, 1.54) is 24.5 Å². The van der Waals surface area contributed by atoms with Crippen molar-refractivity contribution in [2.24, 2.45) is 10.8 Å². The second kappa shape index (κ2) is 14.9. The number of benzene rings is 3. The van der Waals surface area contributed by atoms with Crippen molar-refractivity contribution in [2.45, 2.75) is 64.2 Å². The summed E-state index contributed by atoms with van der Waals surface area (Å²) in [5.41, 5.74) is 5.96. The van der Waals surface area contributed by atoms with E-state index in [4.69, 9.17) is 10.7 Å². The predicted molar refractivity (Wildman–Crippen MR) is 167 cm³/mol. The van der Waals surface area contributed by atoms with E-state index in [1.807, 2.05) is 37.3 Å². The van der Waals surface area contributed by atoms with Gasteiger partial charge in [-0.3, -0.25) is 0 Å². The van der Waals surface area contributed by atoms with Crippen LogP contribution in [0.2, 0.25) is 0 Å². The minimum absolute atomic E-state index is 0.00422. The standard InChI is InChI=1S/C33H32F9N5S/c1-3-27-29(45-28(48-27)11-7-10-20-8-5-4-6-9-20)26-13-12-23(31(34,35)36)16-22(26)19-47(30(43)46-44-2)18-21-14-24(32(37,38)39)17-25(15-21)33(40,41)42/h4-6,8-9,12-17,44H,3,7,10-11,18-19H2,1-2H3,(H2,43,46). The Morgan fingerprint density at radius 1 is 0.792 bits per heavy atom. The molecule has 0 saturated carbocycles. The van der Waals surface area contributed by atoms with Crippen LogP contribution in [-0.2, 0) is 50.9 Å². The van der Waals surface area contributed by atoms with Gasteiger partial charge in [-0.15, -0.1) is 16.4 Å². The lowest BCUT2D eigenvalue weighted by Crippen LogP contribution is -2.38. The van der Waals surface area contributed by atoms with Gasteiger partial charge in [-0.1, -0.05) is 43.3 Å². The number of thiazole rings is 1. The fraction of sp³-hybridized carbons (Fsp3) is 0.333. The summed E-state index contributed by atoms with van der Waals surface area (Å²) in [6.45, 7) is 0.796. The summed E-state index contributed by atoms with van der Waals surface area (Å²) in [7, 11) is 1.36. The van der Waals surface area contributed by atoms with Gasteiger partial charge in [0, 0.05) is 30.6 Å². The van der Waals surface area contributed by atoms with Crippen molar-refractivity contribution in [3.8, 4) is 11.3 Å². The predicted octanol–water partition coefficient (Wildman–Crippen LogP) is 9.06. The SMILES string of the molecule is CCc1sc(CCCc2ccccc2)nc1-c1ccc(C(F)(F)F)cc1CN(Cc1cc(C(F)(F)F)cc(C(F)(F)F)c1)/C(N)=N/NC. The largest absolute Gasteiger partial charge is 0.416 e. The second-order valence-electron chi connectivity index (χ2n) is 10.9. The number of hydrogen-bond donors (Lipinski definition) is 2. The van der Waals surface area contributed by atoms with Gasteiger partial charge in [0.25, 0.3) is 0 Å². The minimum Gasteiger partial charge on any atom is -0.368 e. The van der Waals surface area contributed by atoms with Crippen LogP contribution in [0.4, 0.5) is 39.5 Å². The lowest BCUT2D eigenvalue weighted by atomic mass is 9.98. The number of hydrogen-bond acceptors (Lipinski definition) is 4. The Hall–Kier alpha value is -4.27. The van der Waals surface area contributed by atoms with Crippen molar-refractivity contribution in [1.82, 2.24) is 15.3 Å². The molecule has 0 atom stereocenters. The first-order chi connectivity index (χ1) is 22.5. The van der Waals surface area contributed by atoms with Crippen LogP contribution in [0.5, 0.6) is 0 Å². The van der Waals surface area contributed by atoms with Gasteiger partial charge in [-0.25, -0.2) is 4.98 Å². The summed E-state index contributed by atoms with van der Waals surface area (Å²) >= 11 is 1.43. The number of aryl methyl sites for hydroxylation is 3. The molecule has 0 fully saturated rings. The molecule has 0 unspecified atom stereocenters. The monoisotopic (exact) mass is 701 g/mol. The number of guanidine groups is 1. The average Bonchev–Trinajstić information content (AvgIpc) is 3.43. The molecule has 0 aliphatic rings. The molecule has 15 heteroatoms. The number of nitrogens with two attached hydrogens (primary N) is 1. The maximum Gasteiger partial charge on any atom is 0.416 e. The Kier molecular flexibility index (Phi) is 11.3. The molecule has 48 heavy (non-hydrogen) atoms. The maximum atomic E-state index is 13.9. The van der Waals surface area contributed by atoms with Crippen molar-refractivity contribution in [2.75, 3.05) is 7.05 Å². The van der Waals surface area contributed by atoms with Crippen LogP contribution >= 0.6 is 11.3 Å². The highest BCUT2D eigenvalue weighted by Gasteiger charge is 2.37. The van der Waals surface area contributed by atoms with Crippen molar-refractivity contribution in [3.63, 3.8) is 0 Å². The van der Waals surface area contributed by atoms with Gasteiger partial charge in [0.1, 0.15) is 0 Å². The molecule has 3 N–H and O–H groups in total. The average molecular weight is 702 g/mol. The van der Waals surface area contributed by atoms with Crippen LogP contribution in [0.1, 0.15) is 56.6 Å². The highest BCUT2D eigenvalue weighted by Crippen LogP contribution is 2.39. The second-order valence-corrected chi connectivity index (χ2v) is 12.1. The first-order valence-corrected chi connectivity index (χ1v) is 15.6. The fourth-order valence-corrected chi connectivity index (χ4v) is 6.18. The number of alkyl halides is 9. The smallest absolute Gasteiger partial charge is 0.368 e. The van der Waals surface area contributed by atoms with Gasteiger partial charge in [-0.05, 0) is 72.7 Å². The van der Waals surface area contributed by atoms with Crippen LogP contribution in [0.3, 0.4) is 0 Å². The van der Waals surface area contributed by atoms with E-state index < -0.39 is 53.9 Å². The molecule has 0 aliphatic carbocycles. The van der Waals surface area contributed by atoms with Crippen molar-refractivity contribution < 1.29 is 39.5 Å². The molecule has 5 nitrogen and oxygen atoms in total. The van der Waals surface area contributed by atoms with Crippen LogP contribution in [-0.4, -0.2) is 22.9 Å². The molecule has 0 amide bonds. The maximum absolute atomic E-state index is 13.9. The number of nitrogens with zero attached hydrogens (tertiary/aromatic N) is 3. The van der Waals surface area contributed by atoms with Gasteiger partial charge >= 0.3 is 18.5 Å². The van der Waals surface area contributed by atoms with E-state index in [1.54, 1.807) is 0 Å². The fourth-order valence-electron chi connectivity index (χ4n) is 5.12. The molecular formula is C33H32F9N5S. The molecule has 4 aromatic rings. The highest BCUT2D eigenvalue weighted by atomic mass is 32.1. The van der Waals surface area contributed by atoms with Gasteiger partial charge in [0.2, 0.25) is 5.96 Å². The van der Waals surface area contributed by atoms with Crippen LogP contribution in [0, 0.1) is 0 Å². The van der Waals surface area contributed by atoms with Crippen molar-refractivity contribution >= 4 is 17.3 Å². The normalized spacial score (nSPS) is 12.8. The summed E-state index contributed by atoms with van der Waals surface area (Å²) < 4.78 is 123. The lowest BCUT2D eigenvalue weighted by molar-refractivity contribution is -0.143. The third kappa shape index (κ3) is 9.42. The van der Waals surface area contributed by atoms with E-state index >= 15 is 0 Å². The number of halogens is 9. The summed E-state index contributed by atoms with van der Waals surface area (Å²) in [5.74, 6) is -0.373. The summed E-state index contributed by atoms with van der Waals surface area (Å²) in [6, 6.07) is 14.0. The molecule has 3 aromatic carbocycles. The topological polar surface area (TPSA) is 66.5 Å². The van der Waals surface area contributed by atoms with E-state index in [-0.39, 0.29) is 17.6 Å². The third-order valence-electron chi connectivity index (χ3n) is 7.38. The first kappa shape index (κ1) is 36.6. The number of hydrazone groups is 1. The molecule has 4 rings (SSSR count). The van der Waals surface area contributed by atoms with E-state index in [2.05, 4.69) is 10.5 Å². The number of nitrogens with one attached hydrogen (secondary N) is 1. The van der Waals surface area contributed by atoms with Crippen LogP contribution in [0.25, 0.3) is 11.3 Å². The molecule has 0 radical (unpaired) electrons. The quantitative estimate of drug-likeness (QED) is 0.0709. The van der Waals surface area contributed by atoms with Gasteiger partial charge in [-0.2, -0.15) is 39.5 Å². The molecule has 1 heterocycles. The van der Waals surface area contributed by atoms with Gasteiger partial charge in [0.15, 0.2) is 0 Å². The molecule has 0 bridgehead atoms. The summed E-state index contributed by atoms with van der Waals surface area (Å²) in [6.07, 6.45) is -12.2. The van der Waals surface area contributed by atoms with Gasteiger partial charge < -0.3 is 16.1 Å². The lowest BCUT2D eigenvalue weighted by Gasteiger charge is -2.26. The van der Waals surface area contributed by atoms with E-state index in [0.717, 1.165) is 45.3 Å². The summed E-state index contributed by atoms with van der Waals surface area (Å²) in [4.78, 5) is 6.69. The number of aromatic nitrogens is 1. The Bertz CT molecular complexity index is 1680. The van der Waals surface area contributed by atoms with E-state index in [9.17, 15) is 39.5 Å². The minimum atomic E-state index is -5.10. The van der Waals surface area contributed by atoms with Crippen molar-refractivity contribution in [1.29, 1.82) is 0 Å². The molecular weight excluding hydrogens is 669 g/mol. The van der Waals surface area contributed by atoms with E-state index in [0.29, 0.717) is 36.2 Å². The third-order valence-corrected chi connectivity index (χ3v) is 8.64. The summed E-state index contributed by atoms with van der Waals surface area (Å²) in [5, 5.41) is 4.60. The zero-order valence-corrected chi connectivity index (χ0v) is 26.6. The number of rotatable bonds is 11. The zero-order chi connectivity index (χ0) is 35.3. The molecule has 0 spiro atoms. The van der Waals surface area contributed by atoms with Crippen molar-refractivity contribution in [3.05, 3.63) is 110 Å². The Morgan fingerprint density at radius 2 is 1.42 bits per heavy atom. The Morgan fingerprint density at radius 3 is 1.98 bits per heavy atom. The Labute approximate surface area is 275 Å². The zero-order valence-electron chi connectivity index (χ0n) is 25.8. The molecule has 0 saturated heterocycles. The molecule has 258 valence electrons. The van der Waals surface area contributed by atoms with Gasteiger partial charge in [0.05, 0.1) is 27.4 Å². The highest BCUT2D eigenvalue weighted by molar-refractivity contribution is 7.12. The Balaban J connectivity index is 1.76. The van der Waals surface area contributed by atoms with Crippen LogP contribution in [0.15, 0.2) is 71.8 Å². The van der Waals surface area contributed by atoms with Crippen LogP contribution < -0.4 is 11.2 Å². The molecule has 1 aromatic heterocycles.